The molecule has 1 aliphatic heterocycles. The normalized spacial score (nSPS) is 18.8. The molecule has 8 heteroatoms. The van der Waals surface area contributed by atoms with Gasteiger partial charge in [0.15, 0.2) is 0 Å². The van der Waals surface area contributed by atoms with Crippen molar-refractivity contribution in [3.8, 4) is 5.69 Å². The Morgan fingerprint density at radius 3 is 2.55 bits per heavy atom. The Bertz CT molecular complexity index is 669. The first-order valence-electron chi connectivity index (χ1n) is 6.45. The smallest absolute Gasteiger partial charge is 0.247 e. The summed E-state index contributed by atoms with van der Waals surface area (Å²) >= 11 is 0. The van der Waals surface area contributed by atoms with Crippen LogP contribution in [0.1, 0.15) is 12.8 Å². The molecular formula is C12H15N5O2S. The first-order valence-corrected chi connectivity index (χ1v) is 8.27. The number of sulfone groups is 1. The second kappa shape index (κ2) is 5.20. The molecule has 1 N–H and O–H groups in total. The summed E-state index contributed by atoms with van der Waals surface area (Å²) in [5.41, 5.74) is 0.864. The minimum absolute atomic E-state index is 0.0898. The summed E-state index contributed by atoms with van der Waals surface area (Å²) in [6, 6.07) is 9.65. The Balaban J connectivity index is 1.75. The minimum atomic E-state index is -2.86. The molecule has 2 heterocycles. The molecule has 0 spiro atoms. The number of anilines is 1. The quantitative estimate of drug-likeness (QED) is 0.893. The van der Waals surface area contributed by atoms with Gasteiger partial charge in [0, 0.05) is 6.04 Å². The highest BCUT2D eigenvalue weighted by atomic mass is 32.2. The second-order valence-electron chi connectivity index (χ2n) is 4.82. The Morgan fingerprint density at radius 2 is 1.85 bits per heavy atom. The molecule has 1 aromatic carbocycles. The van der Waals surface area contributed by atoms with Crippen LogP contribution in [0.2, 0.25) is 0 Å². The number of para-hydroxylation sites is 1. The van der Waals surface area contributed by atoms with E-state index in [-0.39, 0.29) is 17.5 Å². The van der Waals surface area contributed by atoms with Crippen molar-refractivity contribution in [2.45, 2.75) is 18.9 Å². The van der Waals surface area contributed by atoms with Gasteiger partial charge in [-0.25, -0.2) is 8.42 Å². The average Bonchev–Trinajstić information content (AvgIpc) is 2.90. The van der Waals surface area contributed by atoms with Crippen LogP contribution in [0.5, 0.6) is 0 Å². The maximum absolute atomic E-state index is 11.4. The summed E-state index contributed by atoms with van der Waals surface area (Å²) in [4.78, 5) is 0. The number of aromatic nitrogens is 4. The maximum Gasteiger partial charge on any atom is 0.247 e. The van der Waals surface area contributed by atoms with Crippen molar-refractivity contribution in [3.05, 3.63) is 30.3 Å². The van der Waals surface area contributed by atoms with Crippen molar-refractivity contribution in [1.29, 1.82) is 0 Å². The van der Waals surface area contributed by atoms with Gasteiger partial charge in [-0.05, 0) is 35.4 Å². The number of hydrogen-bond acceptors (Lipinski definition) is 6. The Morgan fingerprint density at radius 1 is 1.15 bits per heavy atom. The summed E-state index contributed by atoms with van der Waals surface area (Å²) in [5.74, 6) is 0.982. The first kappa shape index (κ1) is 13.0. The van der Waals surface area contributed by atoms with Gasteiger partial charge >= 0.3 is 0 Å². The lowest BCUT2D eigenvalue weighted by Crippen LogP contribution is -2.33. The summed E-state index contributed by atoms with van der Waals surface area (Å²) in [7, 11) is -2.86. The molecule has 0 atom stereocenters. The molecule has 0 saturated carbocycles. The van der Waals surface area contributed by atoms with Crippen LogP contribution >= 0.6 is 0 Å². The van der Waals surface area contributed by atoms with Crippen molar-refractivity contribution < 1.29 is 8.42 Å². The number of nitrogens with zero attached hydrogens (tertiary/aromatic N) is 4. The largest absolute Gasteiger partial charge is 0.350 e. The Hall–Kier alpha value is -1.96. The number of tetrazole rings is 1. The maximum atomic E-state index is 11.4. The highest BCUT2D eigenvalue weighted by Crippen LogP contribution is 2.18. The van der Waals surface area contributed by atoms with E-state index in [9.17, 15) is 8.42 Å². The van der Waals surface area contributed by atoms with Crippen LogP contribution < -0.4 is 5.32 Å². The highest BCUT2D eigenvalue weighted by molar-refractivity contribution is 7.91. The van der Waals surface area contributed by atoms with Gasteiger partial charge < -0.3 is 5.32 Å². The lowest BCUT2D eigenvalue weighted by molar-refractivity contribution is 0.557. The SMILES string of the molecule is O=S1(=O)CCC(Nc2nnnn2-c2ccccc2)CC1. The zero-order valence-corrected chi connectivity index (χ0v) is 11.6. The third-order valence-electron chi connectivity index (χ3n) is 3.36. The zero-order valence-electron chi connectivity index (χ0n) is 10.8. The molecule has 1 fully saturated rings. The summed E-state index contributed by atoms with van der Waals surface area (Å²) < 4.78 is 24.4. The molecule has 0 radical (unpaired) electrons. The predicted octanol–water partition coefficient (Wildman–Crippen LogP) is 0.651. The minimum Gasteiger partial charge on any atom is -0.350 e. The van der Waals surface area contributed by atoms with Gasteiger partial charge in [-0.3, -0.25) is 0 Å². The van der Waals surface area contributed by atoms with Gasteiger partial charge in [-0.1, -0.05) is 23.3 Å². The van der Waals surface area contributed by atoms with E-state index >= 15 is 0 Å². The molecule has 0 unspecified atom stereocenters. The van der Waals surface area contributed by atoms with Crippen molar-refractivity contribution in [3.63, 3.8) is 0 Å². The van der Waals surface area contributed by atoms with E-state index in [1.165, 1.54) is 0 Å². The van der Waals surface area contributed by atoms with E-state index in [0.29, 0.717) is 18.8 Å². The molecule has 2 aromatic rings. The van der Waals surface area contributed by atoms with E-state index in [1.54, 1.807) is 4.68 Å². The molecule has 20 heavy (non-hydrogen) atoms. The molecule has 0 bridgehead atoms. The molecule has 0 amide bonds. The highest BCUT2D eigenvalue weighted by Gasteiger charge is 2.24. The monoisotopic (exact) mass is 293 g/mol. The third-order valence-corrected chi connectivity index (χ3v) is 5.07. The van der Waals surface area contributed by atoms with Crippen LogP contribution in [0.4, 0.5) is 5.95 Å². The molecule has 3 rings (SSSR count). The summed E-state index contributed by atoms with van der Waals surface area (Å²) in [6.45, 7) is 0. The standard InChI is InChI=1S/C12H15N5O2S/c18-20(19)8-6-10(7-9-20)13-12-14-15-16-17(12)11-4-2-1-3-5-11/h1-5,10H,6-9H2,(H,13,14,16). The molecule has 106 valence electrons. The summed E-state index contributed by atoms with van der Waals surface area (Å²) in [5, 5.41) is 14.8. The third kappa shape index (κ3) is 2.79. The van der Waals surface area contributed by atoms with Crippen molar-refractivity contribution >= 4 is 15.8 Å². The van der Waals surface area contributed by atoms with Gasteiger partial charge in [0.1, 0.15) is 9.84 Å². The van der Waals surface area contributed by atoms with Crippen molar-refractivity contribution in [1.82, 2.24) is 20.2 Å². The number of hydrogen-bond donors (Lipinski definition) is 1. The zero-order chi connectivity index (χ0) is 14.0. The summed E-state index contributed by atoms with van der Waals surface area (Å²) in [6.07, 6.45) is 1.17. The van der Waals surface area contributed by atoms with Gasteiger partial charge in [0.05, 0.1) is 17.2 Å². The average molecular weight is 293 g/mol. The topological polar surface area (TPSA) is 89.8 Å². The van der Waals surface area contributed by atoms with Crippen LogP contribution in [-0.2, 0) is 9.84 Å². The molecule has 1 aliphatic rings. The fraction of sp³-hybridized carbons (Fsp3) is 0.417. The number of rotatable bonds is 3. The van der Waals surface area contributed by atoms with Crippen LogP contribution in [-0.4, -0.2) is 46.2 Å². The van der Waals surface area contributed by atoms with E-state index in [4.69, 9.17) is 0 Å². The van der Waals surface area contributed by atoms with E-state index in [1.807, 2.05) is 30.3 Å². The molecule has 1 saturated heterocycles. The fourth-order valence-electron chi connectivity index (χ4n) is 2.24. The van der Waals surface area contributed by atoms with Gasteiger partial charge in [0.25, 0.3) is 0 Å². The van der Waals surface area contributed by atoms with Crippen molar-refractivity contribution in [2.75, 3.05) is 16.8 Å². The van der Waals surface area contributed by atoms with Gasteiger partial charge in [0.2, 0.25) is 5.95 Å². The Labute approximate surface area is 116 Å². The molecular weight excluding hydrogens is 278 g/mol. The van der Waals surface area contributed by atoms with Gasteiger partial charge in [-0.2, -0.15) is 4.68 Å². The van der Waals surface area contributed by atoms with Crippen LogP contribution in [0.3, 0.4) is 0 Å². The second-order valence-corrected chi connectivity index (χ2v) is 7.12. The number of nitrogens with one attached hydrogen (secondary N) is 1. The van der Waals surface area contributed by atoms with Crippen LogP contribution in [0.25, 0.3) is 5.69 Å². The van der Waals surface area contributed by atoms with E-state index in [2.05, 4.69) is 20.8 Å². The van der Waals surface area contributed by atoms with Crippen LogP contribution in [0, 0.1) is 0 Å². The van der Waals surface area contributed by atoms with Crippen LogP contribution in [0.15, 0.2) is 30.3 Å². The Kier molecular flexibility index (Phi) is 3.39. The molecule has 7 nitrogen and oxygen atoms in total. The first-order chi connectivity index (χ1) is 9.64. The van der Waals surface area contributed by atoms with E-state index in [0.717, 1.165) is 5.69 Å². The lowest BCUT2D eigenvalue weighted by Gasteiger charge is -2.23. The molecule has 1 aromatic heterocycles. The number of benzene rings is 1. The van der Waals surface area contributed by atoms with E-state index < -0.39 is 9.84 Å². The predicted molar refractivity (Wildman–Crippen MR) is 74.5 cm³/mol. The van der Waals surface area contributed by atoms with Gasteiger partial charge in [-0.15, -0.1) is 0 Å². The van der Waals surface area contributed by atoms with Crippen molar-refractivity contribution in [2.24, 2.45) is 0 Å². The molecule has 0 aliphatic carbocycles. The fourth-order valence-corrected chi connectivity index (χ4v) is 3.73. The lowest BCUT2D eigenvalue weighted by atomic mass is 10.2.